The van der Waals surface area contributed by atoms with Crippen molar-refractivity contribution in [3.8, 4) is 0 Å². The summed E-state index contributed by atoms with van der Waals surface area (Å²) in [6, 6.07) is 0. The lowest BCUT2D eigenvalue weighted by Gasteiger charge is -2.18. The summed E-state index contributed by atoms with van der Waals surface area (Å²) in [7, 11) is 0. The molecule has 0 heterocycles. The molecule has 0 aliphatic heterocycles. The van der Waals surface area contributed by atoms with Crippen LogP contribution in [-0.2, 0) is 28.6 Å². The second kappa shape index (κ2) is 53.0. The van der Waals surface area contributed by atoms with Gasteiger partial charge in [-0.3, -0.25) is 14.4 Å². The Morgan fingerprint density at radius 1 is 0.312 bits per heavy atom. The van der Waals surface area contributed by atoms with E-state index in [0.29, 0.717) is 19.3 Å². The van der Waals surface area contributed by atoms with Crippen molar-refractivity contribution in [1.29, 1.82) is 0 Å². The van der Waals surface area contributed by atoms with Gasteiger partial charge in [0.1, 0.15) is 13.2 Å². The summed E-state index contributed by atoms with van der Waals surface area (Å²) >= 11 is 0. The average molecular weight is 897 g/mol. The van der Waals surface area contributed by atoms with Crippen molar-refractivity contribution in [2.45, 2.75) is 290 Å². The number of hydrogen-bond acceptors (Lipinski definition) is 6. The molecule has 0 fully saturated rings. The second-order valence-corrected chi connectivity index (χ2v) is 18.6. The van der Waals surface area contributed by atoms with Crippen molar-refractivity contribution in [1.82, 2.24) is 0 Å². The van der Waals surface area contributed by atoms with Crippen molar-refractivity contribution >= 4 is 17.9 Å². The zero-order valence-electron chi connectivity index (χ0n) is 42.6. The Labute approximate surface area is 397 Å². The third-order valence-corrected chi connectivity index (χ3v) is 12.1. The highest BCUT2D eigenvalue weighted by Gasteiger charge is 2.19. The van der Waals surface area contributed by atoms with Crippen LogP contribution in [0.3, 0.4) is 0 Å². The molecule has 372 valence electrons. The van der Waals surface area contributed by atoms with Gasteiger partial charge in [-0.25, -0.2) is 0 Å². The van der Waals surface area contributed by atoms with E-state index in [0.717, 1.165) is 89.9 Å². The number of allylic oxidation sites excluding steroid dienone is 8. The summed E-state index contributed by atoms with van der Waals surface area (Å²) in [5.74, 6) is -0.908. The molecule has 0 saturated carbocycles. The van der Waals surface area contributed by atoms with Crippen molar-refractivity contribution in [3.05, 3.63) is 48.6 Å². The van der Waals surface area contributed by atoms with Crippen LogP contribution >= 0.6 is 0 Å². The van der Waals surface area contributed by atoms with E-state index < -0.39 is 6.10 Å². The Morgan fingerprint density at radius 2 is 0.578 bits per heavy atom. The van der Waals surface area contributed by atoms with E-state index in [4.69, 9.17) is 14.2 Å². The molecule has 0 amide bonds. The molecule has 0 saturated heterocycles. The Kier molecular flexibility index (Phi) is 50.8. The van der Waals surface area contributed by atoms with Crippen LogP contribution in [0.2, 0.25) is 0 Å². The van der Waals surface area contributed by atoms with E-state index in [1.165, 1.54) is 154 Å². The Hall–Kier alpha value is -2.63. The zero-order valence-corrected chi connectivity index (χ0v) is 42.6. The van der Waals surface area contributed by atoms with Gasteiger partial charge in [-0.05, 0) is 70.6 Å². The van der Waals surface area contributed by atoms with E-state index >= 15 is 0 Å². The first-order chi connectivity index (χ1) is 31.5. The number of unbranched alkanes of at least 4 members (excludes halogenated alkanes) is 33. The lowest BCUT2D eigenvalue weighted by atomic mass is 10.0. The number of carbonyl (C=O) groups is 3. The van der Waals surface area contributed by atoms with Crippen molar-refractivity contribution in [2.75, 3.05) is 13.2 Å². The molecule has 64 heavy (non-hydrogen) atoms. The van der Waals surface area contributed by atoms with Gasteiger partial charge in [0.05, 0.1) is 0 Å². The molecule has 1 unspecified atom stereocenters. The van der Waals surface area contributed by atoms with Gasteiger partial charge in [0.15, 0.2) is 6.10 Å². The maximum atomic E-state index is 12.8. The molecule has 6 nitrogen and oxygen atoms in total. The fourth-order valence-electron chi connectivity index (χ4n) is 7.91. The molecule has 0 aliphatic rings. The lowest BCUT2D eigenvalue weighted by Crippen LogP contribution is -2.30. The van der Waals surface area contributed by atoms with Gasteiger partial charge in [-0.2, -0.15) is 0 Å². The van der Waals surface area contributed by atoms with Crippen molar-refractivity contribution in [2.24, 2.45) is 0 Å². The smallest absolute Gasteiger partial charge is 0.306 e. The van der Waals surface area contributed by atoms with Crippen LogP contribution in [0, 0.1) is 0 Å². The van der Waals surface area contributed by atoms with Crippen LogP contribution in [0.25, 0.3) is 0 Å². The molecule has 0 rings (SSSR count). The fourth-order valence-corrected chi connectivity index (χ4v) is 7.91. The summed E-state index contributed by atoms with van der Waals surface area (Å²) in [6.45, 7) is 6.61. The van der Waals surface area contributed by atoms with Gasteiger partial charge in [-0.1, -0.05) is 243 Å². The molecule has 0 spiro atoms. The quantitative estimate of drug-likeness (QED) is 0.0199. The molecule has 0 aromatic heterocycles. The first kappa shape index (κ1) is 61.4. The molecule has 0 bridgehead atoms. The maximum absolute atomic E-state index is 12.8. The summed E-state index contributed by atoms with van der Waals surface area (Å²) < 4.78 is 16.8. The van der Waals surface area contributed by atoms with E-state index in [1.807, 2.05) is 0 Å². The second-order valence-electron chi connectivity index (χ2n) is 18.6. The van der Waals surface area contributed by atoms with Gasteiger partial charge in [0, 0.05) is 19.3 Å². The number of carbonyl (C=O) groups excluding carboxylic acids is 3. The molecular formula is C58H104O6. The number of ether oxygens (including phenoxy) is 3. The van der Waals surface area contributed by atoms with Crippen LogP contribution in [0.1, 0.15) is 284 Å². The number of esters is 3. The Balaban J connectivity index is 4.41. The third-order valence-electron chi connectivity index (χ3n) is 12.1. The van der Waals surface area contributed by atoms with Gasteiger partial charge < -0.3 is 14.2 Å². The molecule has 0 radical (unpaired) electrons. The highest BCUT2D eigenvalue weighted by atomic mass is 16.6. The predicted octanol–water partition coefficient (Wildman–Crippen LogP) is 18.3. The zero-order chi connectivity index (χ0) is 46.5. The molecule has 6 heteroatoms. The predicted molar refractivity (Wildman–Crippen MR) is 275 cm³/mol. The molecule has 1 atom stereocenters. The number of hydrogen-bond donors (Lipinski definition) is 0. The van der Waals surface area contributed by atoms with Crippen LogP contribution in [0.15, 0.2) is 48.6 Å². The minimum absolute atomic E-state index is 0.0832. The highest BCUT2D eigenvalue weighted by molar-refractivity contribution is 5.71. The summed E-state index contributed by atoms with van der Waals surface area (Å²) in [6.07, 6.45) is 63.8. The first-order valence-electron chi connectivity index (χ1n) is 27.7. The molecule has 0 N–H and O–H groups in total. The molecule has 0 aromatic rings. The SMILES string of the molecule is CCCCCCC\C=C/C=C\C=C/CCCCCCCC(=O)OCC(COC(=O)CCCCCCCCCCCCCCCC)OC(=O)CCCCC/C=C\CCCCCCCCC. The van der Waals surface area contributed by atoms with E-state index in [2.05, 4.69) is 69.4 Å². The molecule has 0 aliphatic carbocycles. The van der Waals surface area contributed by atoms with Gasteiger partial charge >= 0.3 is 17.9 Å². The van der Waals surface area contributed by atoms with Crippen molar-refractivity contribution < 1.29 is 28.6 Å². The van der Waals surface area contributed by atoms with Crippen molar-refractivity contribution in [3.63, 3.8) is 0 Å². The van der Waals surface area contributed by atoms with Crippen LogP contribution < -0.4 is 0 Å². The van der Waals surface area contributed by atoms with Gasteiger partial charge in [-0.15, -0.1) is 0 Å². The molecular weight excluding hydrogens is 793 g/mol. The van der Waals surface area contributed by atoms with Gasteiger partial charge in [0.2, 0.25) is 0 Å². The average Bonchev–Trinajstić information content (AvgIpc) is 3.29. The monoisotopic (exact) mass is 897 g/mol. The summed E-state index contributed by atoms with van der Waals surface area (Å²) in [5.41, 5.74) is 0. The topological polar surface area (TPSA) is 78.9 Å². The highest BCUT2D eigenvalue weighted by Crippen LogP contribution is 2.15. The van der Waals surface area contributed by atoms with Crippen LogP contribution in [-0.4, -0.2) is 37.2 Å². The minimum atomic E-state index is -0.787. The van der Waals surface area contributed by atoms with E-state index in [-0.39, 0.29) is 31.1 Å². The lowest BCUT2D eigenvalue weighted by molar-refractivity contribution is -0.167. The summed E-state index contributed by atoms with van der Waals surface area (Å²) in [5, 5.41) is 0. The number of rotatable bonds is 50. The van der Waals surface area contributed by atoms with Crippen LogP contribution in [0.5, 0.6) is 0 Å². The normalized spacial score (nSPS) is 12.4. The fraction of sp³-hybridized carbons (Fsp3) is 0.810. The maximum Gasteiger partial charge on any atom is 0.306 e. The van der Waals surface area contributed by atoms with E-state index in [9.17, 15) is 14.4 Å². The minimum Gasteiger partial charge on any atom is -0.462 e. The third kappa shape index (κ3) is 50.4. The van der Waals surface area contributed by atoms with Gasteiger partial charge in [0.25, 0.3) is 0 Å². The van der Waals surface area contributed by atoms with Crippen LogP contribution in [0.4, 0.5) is 0 Å². The summed E-state index contributed by atoms with van der Waals surface area (Å²) in [4.78, 5) is 38.0. The first-order valence-corrected chi connectivity index (χ1v) is 27.7. The Morgan fingerprint density at radius 3 is 0.922 bits per heavy atom. The molecule has 0 aromatic carbocycles. The largest absolute Gasteiger partial charge is 0.462 e. The van der Waals surface area contributed by atoms with E-state index in [1.54, 1.807) is 0 Å². The standard InChI is InChI=1S/C58H104O6/c1-4-7-10-13-16-19-22-25-28-29-30-31-34-36-39-42-45-48-51-57(60)63-54-55(64-58(61)52-49-46-43-40-37-33-27-24-21-18-15-12-9-6-3)53-62-56(59)50-47-44-41-38-35-32-26-23-20-17-14-11-8-5-2/h22,25,28-31,33,37,55H,4-21,23-24,26-27,32,34-36,38-54H2,1-3H3/b25-22-,29-28-,31-30-,37-33-. The Bertz CT molecular complexity index is 1120.